The Morgan fingerprint density at radius 1 is 1.37 bits per heavy atom. The van der Waals surface area contributed by atoms with E-state index in [4.69, 9.17) is 0 Å². The number of aromatic nitrogens is 1. The molecule has 2 rings (SSSR count). The number of fused-ring (bicyclic) bond motifs is 1. The summed E-state index contributed by atoms with van der Waals surface area (Å²) in [5, 5.41) is 4.32. The maximum Gasteiger partial charge on any atom is 0.242 e. The molecular formula is C15H21N3O. The maximum absolute atomic E-state index is 11.9. The largest absolute Gasteiger partial charge is 0.344 e. The van der Waals surface area contributed by atoms with Crippen molar-refractivity contribution in [1.29, 1.82) is 0 Å². The zero-order chi connectivity index (χ0) is 13.8. The number of hydrogen-bond donors (Lipinski definition) is 1. The summed E-state index contributed by atoms with van der Waals surface area (Å²) in [4.78, 5) is 13.7. The van der Waals surface area contributed by atoms with Crippen LogP contribution in [0.3, 0.4) is 0 Å². The molecule has 102 valence electrons. The lowest BCUT2D eigenvalue weighted by atomic mass is 10.1. The van der Waals surface area contributed by atoms with Crippen molar-refractivity contribution in [2.75, 3.05) is 20.6 Å². The van der Waals surface area contributed by atoms with Gasteiger partial charge < -0.3 is 14.8 Å². The summed E-state index contributed by atoms with van der Waals surface area (Å²) in [5.74, 6) is 0.138. The lowest BCUT2D eigenvalue weighted by Crippen LogP contribution is -2.29. The SMILES string of the molecule is CCN(C)C(=O)Cn1ccc2cc(CNC)ccc21. The molecule has 0 radical (unpaired) electrons. The van der Waals surface area contributed by atoms with Crippen molar-refractivity contribution in [3.05, 3.63) is 36.0 Å². The van der Waals surface area contributed by atoms with Gasteiger partial charge in [0.1, 0.15) is 6.54 Å². The Morgan fingerprint density at radius 2 is 2.16 bits per heavy atom. The number of amides is 1. The number of rotatable bonds is 5. The highest BCUT2D eigenvalue weighted by Crippen LogP contribution is 2.18. The normalized spacial score (nSPS) is 10.9. The summed E-state index contributed by atoms with van der Waals surface area (Å²) < 4.78 is 2.01. The Balaban J connectivity index is 2.23. The van der Waals surface area contributed by atoms with E-state index in [0.717, 1.165) is 18.6 Å². The topological polar surface area (TPSA) is 37.3 Å². The smallest absolute Gasteiger partial charge is 0.242 e. The van der Waals surface area contributed by atoms with Crippen LogP contribution in [0.25, 0.3) is 10.9 Å². The summed E-state index contributed by atoms with van der Waals surface area (Å²) in [6, 6.07) is 8.41. The number of benzene rings is 1. The number of carbonyl (C=O) groups is 1. The second-order valence-electron chi connectivity index (χ2n) is 4.78. The van der Waals surface area contributed by atoms with Gasteiger partial charge in [-0.05, 0) is 43.1 Å². The van der Waals surface area contributed by atoms with Crippen molar-refractivity contribution in [2.45, 2.75) is 20.0 Å². The minimum absolute atomic E-state index is 0.138. The first-order valence-corrected chi connectivity index (χ1v) is 6.62. The third-order valence-corrected chi connectivity index (χ3v) is 3.42. The van der Waals surface area contributed by atoms with Crippen molar-refractivity contribution in [3.8, 4) is 0 Å². The molecule has 0 saturated carbocycles. The lowest BCUT2D eigenvalue weighted by molar-refractivity contribution is -0.130. The van der Waals surface area contributed by atoms with Gasteiger partial charge in [-0.2, -0.15) is 0 Å². The van der Waals surface area contributed by atoms with Gasteiger partial charge in [-0.15, -0.1) is 0 Å². The molecule has 0 atom stereocenters. The number of carbonyl (C=O) groups excluding carboxylic acids is 1. The summed E-state index contributed by atoms with van der Waals surface area (Å²) in [6.45, 7) is 3.98. The van der Waals surface area contributed by atoms with E-state index < -0.39 is 0 Å². The molecule has 2 aromatic rings. The molecule has 1 aromatic heterocycles. The molecule has 1 N–H and O–H groups in total. The number of hydrogen-bond acceptors (Lipinski definition) is 2. The fourth-order valence-electron chi connectivity index (χ4n) is 2.14. The van der Waals surface area contributed by atoms with Crippen LogP contribution in [0.5, 0.6) is 0 Å². The Labute approximate surface area is 114 Å². The van der Waals surface area contributed by atoms with Crippen molar-refractivity contribution in [1.82, 2.24) is 14.8 Å². The zero-order valence-electron chi connectivity index (χ0n) is 11.8. The van der Waals surface area contributed by atoms with E-state index in [-0.39, 0.29) is 5.91 Å². The van der Waals surface area contributed by atoms with Crippen LogP contribution >= 0.6 is 0 Å². The van der Waals surface area contributed by atoms with Crippen LogP contribution in [0.1, 0.15) is 12.5 Å². The predicted molar refractivity (Wildman–Crippen MR) is 78.0 cm³/mol. The fourth-order valence-corrected chi connectivity index (χ4v) is 2.14. The van der Waals surface area contributed by atoms with E-state index in [1.807, 2.05) is 31.8 Å². The molecular weight excluding hydrogens is 238 g/mol. The molecule has 0 aliphatic carbocycles. The standard InChI is InChI=1S/C15H21N3O/c1-4-17(3)15(19)11-18-8-7-13-9-12(10-16-2)5-6-14(13)18/h5-9,16H,4,10-11H2,1-3H3. The molecule has 1 heterocycles. The molecule has 0 unspecified atom stereocenters. The summed E-state index contributed by atoms with van der Waals surface area (Å²) >= 11 is 0. The maximum atomic E-state index is 11.9. The number of nitrogens with one attached hydrogen (secondary N) is 1. The van der Waals surface area contributed by atoms with E-state index in [1.54, 1.807) is 4.90 Å². The van der Waals surface area contributed by atoms with Crippen LogP contribution in [0.2, 0.25) is 0 Å². The second-order valence-corrected chi connectivity index (χ2v) is 4.78. The molecule has 0 aliphatic rings. The monoisotopic (exact) mass is 259 g/mol. The molecule has 0 bridgehead atoms. The highest BCUT2D eigenvalue weighted by molar-refractivity contribution is 5.83. The van der Waals surface area contributed by atoms with Gasteiger partial charge >= 0.3 is 0 Å². The van der Waals surface area contributed by atoms with Crippen LogP contribution in [-0.2, 0) is 17.9 Å². The van der Waals surface area contributed by atoms with Crippen LogP contribution in [0.4, 0.5) is 0 Å². The van der Waals surface area contributed by atoms with Gasteiger partial charge in [0, 0.05) is 31.9 Å². The molecule has 1 aromatic carbocycles. The minimum atomic E-state index is 0.138. The van der Waals surface area contributed by atoms with E-state index in [2.05, 4.69) is 29.6 Å². The molecule has 0 aliphatic heterocycles. The molecule has 19 heavy (non-hydrogen) atoms. The zero-order valence-corrected chi connectivity index (χ0v) is 11.8. The summed E-state index contributed by atoms with van der Waals surface area (Å²) in [7, 11) is 3.77. The van der Waals surface area contributed by atoms with Crippen molar-refractivity contribution in [2.24, 2.45) is 0 Å². The molecule has 0 spiro atoms. The van der Waals surface area contributed by atoms with Gasteiger partial charge in [0.15, 0.2) is 0 Å². The molecule has 1 amide bonds. The van der Waals surface area contributed by atoms with Gasteiger partial charge in [-0.25, -0.2) is 0 Å². The predicted octanol–water partition coefficient (Wildman–Crippen LogP) is 1.84. The van der Waals surface area contributed by atoms with Crippen molar-refractivity contribution < 1.29 is 4.79 Å². The highest BCUT2D eigenvalue weighted by Gasteiger charge is 2.09. The highest BCUT2D eigenvalue weighted by atomic mass is 16.2. The Morgan fingerprint density at radius 3 is 2.84 bits per heavy atom. The minimum Gasteiger partial charge on any atom is -0.344 e. The van der Waals surface area contributed by atoms with Gasteiger partial charge in [0.25, 0.3) is 0 Å². The molecule has 4 nitrogen and oxygen atoms in total. The van der Waals surface area contributed by atoms with Crippen LogP contribution in [0.15, 0.2) is 30.5 Å². The van der Waals surface area contributed by atoms with Crippen LogP contribution in [0, 0.1) is 0 Å². The number of likely N-dealkylation sites (N-methyl/N-ethyl adjacent to an activating group) is 1. The van der Waals surface area contributed by atoms with E-state index in [9.17, 15) is 4.79 Å². The summed E-state index contributed by atoms with van der Waals surface area (Å²) in [5.41, 5.74) is 2.36. The van der Waals surface area contributed by atoms with E-state index in [1.165, 1.54) is 10.9 Å². The molecule has 0 fully saturated rings. The van der Waals surface area contributed by atoms with E-state index in [0.29, 0.717) is 6.54 Å². The Kier molecular flexibility index (Phi) is 4.22. The van der Waals surface area contributed by atoms with Gasteiger partial charge in [-0.1, -0.05) is 6.07 Å². The molecule has 4 heteroatoms. The van der Waals surface area contributed by atoms with Gasteiger partial charge in [0.05, 0.1) is 0 Å². The van der Waals surface area contributed by atoms with Gasteiger partial charge in [-0.3, -0.25) is 4.79 Å². The quantitative estimate of drug-likeness (QED) is 0.889. The van der Waals surface area contributed by atoms with Crippen LogP contribution in [-0.4, -0.2) is 36.0 Å². The average molecular weight is 259 g/mol. The van der Waals surface area contributed by atoms with Crippen molar-refractivity contribution in [3.63, 3.8) is 0 Å². The number of nitrogens with zero attached hydrogens (tertiary/aromatic N) is 2. The first-order chi connectivity index (χ1) is 9.15. The fraction of sp³-hybridized carbons (Fsp3) is 0.400. The first kappa shape index (κ1) is 13.6. The Hall–Kier alpha value is -1.81. The Bertz CT molecular complexity index is 574. The lowest BCUT2D eigenvalue weighted by Gasteiger charge is -2.15. The third-order valence-electron chi connectivity index (χ3n) is 3.42. The molecule has 0 saturated heterocycles. The second kappa shape index (κ2) is 5.89. The van der Waals surface area contributed by atoms with Crippen molar-refractivity contribution >= 4 is 16.8 Å². The third kappa shape index (κ3) is 2.96. The van der Waals surface area contributed by atoms with Gasteiger partial charge in [0.2, 0.25) is 5.91 Å². The van der Waals surface area contributed by atoms with E-state index >= 15 is 0 Å². The average Bonchev–Trinajstić information content (AvgIpc) is 2.80. The summed E-state index contributed by atoms with van der Waals surface area (Å²) in [6.07, 6.45) is 1.98. The van der Waals surface area contributed by atoms with Crippen LogP contribution < -0.4 is 5.32 Å². The first-order valence-electron chi connectivity index (χ1n) is 6.62.